The molecule has 24 heavy (non-hydrogen) atoms. The molecule has 0 saturated carbocycles. The number of halogens is 1. The molecule has 0 bridgehead atoms. The number of carbonyl (C=O) groups excluding carboxylic acids is 1. The third-order valence-corrected chi connectivity index (χ3v) is 3.21. The van der Waals surface area contributed by atoms with Crippen molar-refractivity contribution >= 4 is 46.2 Å². The number of carbonyl (C=O) groups is 1. The van der Waals surface area contributed by atoms with Gasteiger partial charge in [-0.2, -0.15) is 0 Å². The zero-order chi connectivity index (χ0) is 17.5. The minimum absolute atomic E-state index is 0.0141. The highest BCUT2D eigenvalue weighted by molar-refractivity contribution is 7.80. The van der Waals surface area contributed by atoms with E-state index in [1.807, 2.05) is 0 Å². The maximum Gasteiger partial charge on any atom is 0.271 e. The van der Waals surface area contributed by atoms with Crippen LogP contribution in [0.3, 0.4) is 0 Å². The molecule has 0 unspecified atom stereocenters. The molecule has 2 aromatic carbocycles. The van der Waals surface area contributed by atoms with Crippen LogP contribution in [0, 0.1) is 10.1 Å². The quantitative estimate of drug-likeness (QED) is 0.480. The summed E-state index contributed by atoms with van der Waals surface area (Å²) < 4.78 is 5.28. The Morgan fingerprint density at radius 1 is 1.25 bits per heavy atom. The fraction of sp³-hybridized carbons (Fsp3) is 0.0667. The number of hydrogen-bond donors (Lipinski definition) is 2. The topological polar surface area (TPSA) is 93.5 Å². The number of nitrogens with one attached hydrogen (secondary N) is 2. The Morgan fingerprint density at radius 3 is 2.62 bits per heavy atom. The Labute approximate surface area is 147 Å². The van der Waals surface area contributed by atoms with Gasteiger partial charge in [0, 0.05) is 22.8 Å². The molecule has 2 N–H and O–H groups in total. The van der Waals surface area contributed by atoms with Crippen molar-refractivity contribution in [2.75, 3.05) is 11.9 Å². The molecule has 0 aliphatic carbocycles. The number of nitrogens with zero attached hydrogens (tertiary/aromatic N) is 1. The minimum atomic E-state index is -0.521. The number of nitro benzene ring substituents is 1. The van der Waals surface area contributed by atoms with Crippen LogP contribution in [0.4, 0.5) is 11.4 Å². The van der Waals surface area contributed by atoms with Crippen LogP contribution in [-0.2, 0) is 4.79 Å². The molecule has 1 amide bonds. The molecule has 2 rings (SSSR count). The van der Waals surface area contributed by atoms with Crippen LogP contribution in [-0.4, -0.2) is 22.5 Å². The fourth-order valence-electron chi connectivity index (χ4n) is 1.70. The van der Waals surface area contributed by atoms with Crippen LogP contribution in [0.1, 0.15) is 0 Å². The van der Waals surface area contributed by atoms with Crippen LogP contribution < -0.4 is 15.4 Å². The highest BCUT2D eigenvalue weighted by Gasteiger charge is 2.09. The Hall–Kier alpha value is -2.71. The zero-order valence-electron chi connectivity index (χ0n) is 12.2. The Morgan fingerprint density at radius 2 is 1.96 bits per heavy atom. The van der Waals surface area contributed by atoms with E-state index in [0.717, 1.165) is 0 Å². The summed E-state index contributed by atoms with van der Waals surface area (Å²) in [4.78, 5) is 21.9. The van der Waals surface area contributed by atoms with E-state index < -0.39 is 10.8 Å². The van der Waals surface area contributed by atoms with E-state index in [-0.39, 0.29) is 17.4 Å². The van der Waals surface area contributed by atoms with Gasteiger partial charge >= 0.3 is 0 Å². The third kappa shape index (κ3) is 5.49. The van der Waals surface area contributed by atoms with Crippen molar-refractivity contribution in [3.8, 4) is 5.75 Å². The SMILES string of the molecule is O=C(COc1ccc(Cl)cc1)NC(=S)Nc1cccc([N+](=O)[O-])c1. The van der Waals surface area contributed by atoms with Gasteiger partial charge in [-0.15, -0.1) is 0 Å². The molecule has 0 aliphatic rings. The van der Waals surface area contributed by atoms with Gasteiger partial charge in [-0.1, -0.05) is 17.7 Å². The summed E-state index contributed by atoms with van der Waals surface area (Å²) in [5, 5.41) is 16.4. The maximum atomic E-state index is 11.8. The van der Waals surface area contributed by atoms with Crippen LogP contribution in [0.25, 0.3) is 0 Å². The molecule has 0 saturated heterocycles. The number of rotatable bonds is 5. The first kappa shape index (κ1) is 17.6. The molecule has 9 heteroatoms. The molecule has 2 aromatic rings. The van der Waals surface area contributed by atoms with Crippen LogP contribution in [0.15, 0.2) is 48.5 Å². The normalized spacial score (nSPS) is 9.88. The average Bonchev–Trinajstić information content (AvgIpc) is 2.54. The van der Waals surface area contributed by atoms with Crippen molar-refractivity contribution in [2.24, 2.45) is 0 Å². The molecule has 124 valence electrons. The van der Waals surface area contributed by atoms with E-state index in [2.05, 4.69) is 10.6 Å². The number of amides is 1. The lowest BCUT2D eigenvalue weighted by Crippen LogP contribution is -2.37. The number of anilines is 1. The van der Waals surface area contributed by atoms with Crippen molar-refractivity contribution in [3.05, 3.63) is 63.7 Å². The predicted molar refractivity (Wildman–Crippen MR) is 94.4 cm³/mol. The molecule has 0 spiro atoms. The van der Waals surface area contributed by atoms with Crippen LogP contribution in [0.2, 0.25) is 5.02 Å². The lowest BCUT2D eigenvalue weighted by molar-refractivity contribution is -0.384. The van der Waals surface area contributed by atoms with Gasteiger partial charge in [-0.05, 0) is 42.5 Å². The molecular weight excluding hydrogens is 354 g/mol. The van der Waals surface area contributed by atoms with Crippen molar-refractivity contribution in [1.29, 1.82) is 0 Å². The maximum absolute atomic E-state index is 11.8. The third-order valence-electron chi connectivity index (χ3n) is 2.75. The van der Waals surface area contributed by atoms with Crippen LogP contribution >= 0.6 is 23.8 Å². The molecule has 0 heterocycles. The first-order chi connectivity index (χ1) is 11.4. The summed E-state index contributed by atoms with van der Waals surface area (Å²) in [6.07, 6.45) is 0. The largest absolute Gasteiger partial charge is 0.484 e. The molecule has 0 fully saturated rings. The molecule has 0 radical (unpaired) electrons. The smallest absolute Gasteiger partial charge is 0.271 e. The van der Waals surface area contributed by atoms with Gasteiger partial charge in [0.05, 0.1) is 4.92 Å². The summed E-state index contributed by atoms with van der Waals surface area (Å²) in [6, 6.07) is 12.3. The van der Waals surface area contributed by atoms with Crippen molar-refractivity contribution in [2.45, 2.75) is 0 Å². The number of benzene rings is 2. The zero-order valence-corrected chi connectivity index (χ0v) is 13.8. The number of ether oxygens (including phenoxy) is 1. The molecule has 0 atom stereocenters. The second-order valence-electron chi connectivity index (χ2n) is 4.55. The summed E-state index contributed by atoms with van der Waals surface area (Å²) >= 11 is 10.7. The van der Waals surface area contributed by atoms with Gasteiger partial charge in [-0.25, -0.2) is 0 Å². The monoisotopic (exact) mass is 365 g/mol. The van der Waals surface area contributed by atoms with E-state index in [1.54, 1.807) is 30.3 Å². The van der Waals surface area contributed by atoms with Crippen molar-refractivity contribution in [3.63, 3.8) is 0 Å². The standard InChI is InChI=1S/C15H12ClN3O4S/c16-10-4-6-13(7-5-10)23-9-14(20)18-15(24)17-11-2-1-3-12(8-11)19(21)22/h1-8H,9H2,(H2,17,18,20,24). The Kier molecular flexibility index (Phi) is 6.05. The van der Waals surface area contributed by atoms with E-state index >= 15 is 0 Å². The van der Waals surface area contributed by atoms with E-state index in [4.69, 9.17) is 28.6 Å². The van der Waals surface area contributed by atoms with E-state index in [9.17, 15) is 14.9 Å². The van der Waals surface area contributed by atoms with Gasteiger partial charge in [-0.3, -0.25) is 20.2 Å². The van der Waals surface area contributed by atoms with Crippen molar-refractivity contribution in [1.82, 2.24) is 5.32 Å². The highest BCUT2D eigenvalue weighted by Crippen LogP contribution is 2.17. The number of thiocarbonyl (C=S) groups is 1. The van der Waals surface area contributed by atoms with Gasteiger partial charge in [0.1, 0.15) is 5.75 Å². The van der Waals surface area contributed by atoms with Gasteiger partial charge in [0.2, 0.25) is 0 Å². The summed E-state index contributed by atoms with van der Waals surface area (Å²) in [5.41, 5.74) is 0.313. The highest BCUT2D eigenvalue weighted by atomic mass is 35.5. The Bertz CT molecular complexity index is 768. The van der Waals surface area contributed by atoms with E-state index in [1.165, 1.54) is 18.2 Å². The summed E-state index contributed by atoms with van der Waals surface area (Å²) in [5.74, 6) is 0.0278. The number of hydrogen-bond acceptors (Lipinski definition) is 5. The van der Waals surface area contributed by atoms with Gasteiger partial charge < -0.3 is 10.1 Å². The average molecular weight is 366 g/mol. The summed E-state index contributed by atoms with van der Waals surface area (Å²) in [6.45, 7) is -0.238. The van der Waals surface area contributed by atoms with E-state index in [0.29, 0.717) is 16.5 Å². The molecule has 7 nitrogen and oxygen atoms in total. The Balaban J connectivity index is 1.83. The number of nitro groups is 1. The molecule has 0 aromatic heterocycles. The first-order valence-corrected chi connectivity index (χ1v) is 7.46. The van der Waals surface area contributed by atoms with Gasteiger partial charge in [0.15, 0.2) is 11.7 Å². The lowest BCUT2D eigenvalue weighted by Gasteiger charge is -2.10. The van der Waals surface area contributed by atoms with Gasteiger partial charge in [0.25, 0.3) is 11.6 Å². The fourth-order valence-corrected chi connectivity index (χ4v) is 2.06. The second kappa shape index (κ2) is 8.23. The lowest BCUT2D eigenvalue weighted by atomic mass is 10.3. The molecular formula is C15H12ClN3O4S. The second-order valence-corrected chi connectivity index (χ2v) is 5.40. The van der Waals surface area contributed by atoms with Crippen molar-refractivity contribution < 1.29 is 14.5 Å². The predicted octanol–water partition coefficient (Wildman–Crippen LogP) is 3.14. The minimum Gasteiger partial charge on any atom is -0.484 e. The molecule has 0 aliphatic heterocycles. The number of non-ortho nitro benzene ring substituents is 1. The van der Waals surface area contributed by atoms with Crippen LogP contribution in [0.5, 0.6) is 5.75 Å². The summed E-state index contributed by atoms with van der Waals surface area (Å²) in [7, 11) is 0. The first-order valence-electron chi connectivity index (χ1n) is 6.68.